The zero-order valence-electron chi connectivity index (χ0n) is 11.4. The molecule has 18 heavy (non-hydrogen) atoms. The molecule has 0 saturated carbocycles. The Labute approximate surface area is 110 Å². The van der Waals surface area contributed by atoms with Crippen LogP contribution in [0.4, 0.5) is 5.69 Å². The van der Waals surface area contributed by atoms with Crippen molar-refractivity contribution < 1.29 is 4.74 Å². The number of hydrogen-bond donors (Lipinski definition) is 1. The number of hydrogen-bond acceptors (Lipinski definition) is 3. The first-order chi connectivity index (χ1) is 8.63. The van der Waals surface area contributed by atoms with Crippen LogP contribution in [0.15, 0.2) is 24.3 Å². The number of aryl methyl sites for hydroxylation is 1. The molecule has 1 aliphatic heterocycles. The monoisotopic (exact) mass is 248 g/mol. The quantitative estimate of drug-likeness (QED) is 0.831. The number of rotatable bonds is 4. The molecule has 3 heteroatoms. The molecule has 1 aromatic carbocycles. The maximum absolute atomic E-state index is 5.74. The molecule has 1 aromatic rings. The van der Waals surface area contributed by atoms with Crippen LogP contribution < -0.4 is 5.73 Å². The molecule has 1 fully saturated rings. The van der Waals surface area contributed by atoms with Gasteiger partial charge in [0.2, 0.25) is 0 Å². The van der Waals surface area contributed by atoms with Gasteiger partial charge in [-0.15, -0.1) is 0 Å². The first-order valence-electron chi connectivity index (χ1n) is 6.85. The molecular weight excluding hydrogens is 224 g/mol. The Morgan fingerprint density at radius 3 is 2.39 bits per heavy atom. The minimum absolute atomic E-state index is 0.366. The van der Waals surface area contributed by atoms with Gasteiger partial charge >= 0.3 is 0 Å². The van der Waals surface area contributed by atoms with Crippen LogP contribution in [0.25, 0.3) is 0 Å². The van der Waals surface area contributed by atoms with Crippen molar-refractivity contribution in [3.63, 3.8) is 0 Å². The SMILES string of the molecule is C[C@@H]1CN(CCCc2ccc(N)cc2)C[C@H](C)O1. The number of benzene rings is 1. The highest BCUT2D eigenvalue weighted by Crippen LogP contribution is 2.12. The van der Waals surface area contributed by atoms with Gasteiger partial charge in [-0.05, 0) is 50.9 Å². The minimum atomic E-state index is 0.366. The van der Waals surface area contributed by atoms with Gasteiger partial charge in [0.05, 0.1) is 12.2 Å². The van der Waals surface area contributed by atoms with Crippen molar-refractivity contribution in [1.29, 1.82) is 0 Å². The number of anilines is 1. The Morgan fingerprint density at radius 2 is 1.78 bits per heavy atom. The predicted octanol–water partition coefficient (Wildman–Crippen LogP) is 2.31. The normalized spacial score (nSPS) is 25.2. The largest absolute Gasteiger partial charge is 0.399 e. The maximum atomic E-state index is 5.74. The van der Waals surface area contributed by atoms with Gasteiger partial charge in [-0.2, -0.15) is 0 Å². The molecule has 0 bridgehead atoms. The molecule has 100 valence electrons. The summed E-state index contributed by atoms with van der Waals surface area (Å²) >= 11 is 0. The van der Waals surface area contributed by atoms with E-state index >= 15 is 0 Å². The Morgan fingerprint density at radius 1 is 1.17 bits per heavy atom. The van der Waals surface area contributed by atoms with E-state index in [9.17, 15) is 0 Å². The summed E-state index contributed by atoms with van der Waals surface area (Å²) in [4.78, 5) is 2.51. The standard InChI is InChI=1S/C15H24N2O/c1-12-10-17(11-13(2)18-12)9-3-4-14-5-7-15(16)8-6-14/h5-8,12-13H,3-4,9-11,16H2,1-2H3/t12-,13+. The van der Waals surface area contributed by atoms with Crippen LogP contribution in [-0.2, 0) is 11.2 Å². The lowest BCUT2D eigenvalue weighted by Crippen LogP contribution is -2.45. The van der Waals surface area contributed by atoms with E-state index in [4.69, 9.17) is 10.5 Å². The molecule has 0 spiro atoms. The molecule has 1 aliphatic rings. The highest BCUT2D eigenvalue weighted by molar-refractivity contribution is 5.39. The molecule has 0 aromatic heterocycles. The molecule has 0 radical (unpaired) electrons. The minimum Gasteiger partial charge on any atom is -0.399 e. The van der Waals surface area contributed by atoms with E-state index < -0.39 is 0 Å². The third-order valence-corrected chi connectivity index (χ3v) is 3.41. The van der Waals surface area contributed by atoms with E-state index in [0.717, 1.165) is 31.7 Å². The molecule has 2 atom stereocenters. The Balaban J connectivity index is 1.73. The van der Waals surface area contributed by atoms with Gasteiger partial charge in [-0.25, -0.2) is 0 Å². The number of morpholine rings is 1. The average molecular weight is 248 g/mol. The van der Waals surface area contributed by atoms with Gasteiger partial charge in [0.25, 0.3) is 0 Å². The summed E-state index contributed by atoms with van der Waals surface area (Å²) in [7, 11) is 0. The summed E-state index contributed by atoms with van der Waals surface area (Å²) in [6.07, 6.45) is 3.06. The van der Waals surface area contributed by atoms with Crippen LogP contribution >= 0.6 is 0 Å². The van der Waals surface area contributed by atoms with Crippen LogP contribution in [0.3, 0.4) is 0 Å². The fourth-order valence-corrected chi connectivity index (χ4v) is 2.66. The second-order valence-electron chi connectivity index (χ2n) is 5.36. The summed E-state index contributed by atoms with van der Waals surface area (Å²) in [6, 6.07) is 8.21. The van der Waals surface area contributed by atoms with E-state index in [1.165, 1.54) is 12.0 Å². The van der Waals surface area contributed by atoms with Crippen molar-refractivity contribution in [3.8, 4) is 0 Å². The van der Waals surface area contributed by atoms with Gasteiger partial charge in [0.1, 0.15) is 0 Å². The van der Waals surface area contributed by atoms with Crippen molar-refractivity contribution in [2.75, 3.05) is 25.4 Å². The van der Waals surface area contributed by atoms with E-state index in [2.05, 4.69) is 30.9 Å². The van der Waals surface area contributed by atoms with Crippen LogP contribution in [0.5, 0.6) is 0 Å². The number of nitrogens with two attached hydrogens (primary N) is 1. The molecular formula is C15H24N2O. The maximum Gasteiger partial charge on any atom is 0.0678 e. The van der Waals surface area contributed by atoms with Gasteiger partial charge in [0.15, 0.2) is 0 Å². The zero-order valence-corrected chi connectivity index (χ0v) is 11.4. The number of nitrogen functional groups attached to an aromatic ring is 1. The van der Waals surface area contributed by atoms with E-state index in [-0.39, 0.29) is 0 Å². The molecule has 1 saturated heterocycles. The van der Waals surface area contributed by atoms with Crippen LogP contribution in [0, 0.1) is 0 Å². The van der Waals surface area contributed by atoms with Crippen molar-refractivity contribution in [2.45, 2.75) is 38.9 Å². The molecule has 2 rings (SSSR count). The van der Waals surface area contributed by atoms with Crippen molar-refractivity contribution in [1.82, 2.24) is 4.90 Å². The van der Waals surface area contributed by atoms with Gasteiger partial charge in [0, 0.05) is 18.8 Å². The van der Waals surface area contributed by atoms with Crippen LogP contribution in [0.1, 0.15) is 25.8 Å². The van der Waals surface area contributed by atoms with Gasteiger partial charge < -0.3 is 10.5 Å². The lowest BCUT2D eigenvalue weighted by atomic mass is 10.1. The Bertz CT molecular complexity index is 353. The molecule has 0 aliphatic carbocycles. The first-order valence-corrected chi connectivity index (χ1v) is 6.85. The number of nitrogens with zero attached hydrogens (tertiary/aromatic N) is 1. The lowest BCUT2D eigenvalue weighted by Gasteiger charge is -2.35. The fraction of sp³-hybridized carbons (Fsp3) is 0.600. The fourth-order valence-electron chi connectivity index (χ4n) is 2.66. The third-order valence-electron chi connectivity index (χ3n) is 3.41. The molecule has 2 N–H and O–H groups in total. The first kappa shape index (κ1) is 13.4. The zero-order chi connectivity index (χ0) is 13.0. The highest BCUT2D eigenvalue weighted by atomic mass is 16.5. The second-order valence-corrected chi connectivity index (χ2v) is 5.36. The third kappa shape index (κ3) is 4.00. The summed E-state index contributed by atoms with van der Waals surface area (Å²) in [5, 5.41) is 0. The second kappa shape index (κ2) is 6.21. The predicted molar refractivity (Wildman–Crippen MR) is 75.6 cm³/mol. The van der Waals surface area contributed by atoms with E-state index in [1.807, 2.05) is 12.1 Å². The summed E-state index contributed by atoms with van der Waals surface area (Å²) < 4.78 is 5.74. The van der Waals surface area contributed by atoms with Crippen molar-refractivity contribution in [3.05, 3.63) is 29.8 Å². The highest BCUT2D eigenvalue weighted by Gasteiger charge is 2.21. The van der Waals surface area contributed by atoms with Gasteiger partial charge in [-0.1, -0.05) is 12.1 Å². The van der Waals surface area contributed by atoms with Crippen LogP contribution in [-0.4, -0.2) is 36.7 Å². The van der Waals surface area contributed by atoms with Gasteiger partial charge in [-0.3, -0.25) is 4.90 Å². The van der Waals surface area contributed by atoms with E-state index in [1.54, 1.807) is 0 Å². The Kier molecular flexibility index (Phi) is 4.61. The Hall–Kier alpha value is -1.06. The summed E-state index contributed by atoms with van der Waals surface area (Å²) in [5.41, 5.74) is 7.90. The average Bonchev–Trinajstić information content (AvgIpc) is 2.30. The van der Waals surface area contributed by atoms with Crippen LogP contribution in [0.2, 0.25) is 0 Å². The molecule has 1 heterocycles. The van der Waals surface area contributed by atoms with Crippen molar-refractivity contribution >= 4 is 5.69 Å². The summed E-state index contributed by atoms with van der Waals surface area (Å²) in [6.45, 7) is 7.59. The number of ether oxygens (including phenoxy) is 1. The lowest BCUT2D eigenvalue weighted by molar-refractivity contribution is -0.0680. The smallest absolute Gasteiger partial charge is 0.0678 e. The van der Waals surface area contributed by atoms with Crippen molar-refractivity contribution in [2.24, 2.45) is 0 Å². The molecule has 0 unspecified atom stereocenters. The molecule has 3 nitrogen and oxygen atoms in total. The molecule has 0 amide bonds. The van der Waals surface area contributed by atoms with E-state index in [0.29, 0.717) is 12.2 Å². The topological polar surface area (TPSA) is 38.5 Å². The summed E-state index contributed by atoms with van der Waals surface area (Å²) in [5.74, 6) is 0.